The van der Waals surface area contributed by atoms with Gasteiger partial charge in [-0.05, 0) is 12.1 Å². The Bertz CT molecular complexity index is 551. The summed E-state index contributed by atoms with van der Waals surface area (Å²) in [5.74, 6) is -11.0. The second-order valence-corrected chi connectivity index (χ2v) is 3.40. The van der Waals surface area contributed by atoms with Gasteiger partial charge < -0.3 is 9.52 Å². The first-order valence-corrected chi connectivity index (χ1v) is 4.68. The number of furan rings is 1. The minimum atomic E-state index is -2.28. The molecule has 0 amide bonds. The molecule has 0 unspecified atom stereocenters. The fourth-order valence-electron chi connectivity index (χ4n) is 1.45. The van der Waals surface area contributed by atoms with Crippen molar-refractivity contribution >= 4 is 0 Å². The topological polar surface area (TPSA) is 33.4 Å². The number of rotatable bonds is 2. The van der Waals surface area contributed by atoms with Crippen LogP contribution < -0.4 is 0 Å². The van der Waals surface area contributed by atoms with E-state index in [1.165, 1.54) is 6.07 Å². The number of hydrogen-bond donors (Lipinski definition) is 1. The first-order chi connectivity index (χ1) is 8.45. The molecule has 1 heterocycles. The van der Waals surface area contributed by atoms with Crippen molar-refractivity contribution in [3.8, 4) is 0 Å². The fourth-order valence-corrected chi connectivity index (χ4v) is 1.45. The van der Waals surface area contributed by atoms with Crippen molar-refractivity contribution in [1.29, 1.82) is 0 Å². The van der Waals surface area contributed by atoms with Crippen LogP contribution in [-0.4, -0.2) is 5.11 Å². The van der Waals surface area contributed by atoms with Gasteiger partial charge in [-0.3, -0.25) is 0 Å². The molecule has 0 bridgehead atoms. The maximum atomic E-state index is 13.3. The highest BCUT2D eigenvalue weighted by Crippen LogP contribution is 2.31. The molecule has 18 heavy (non-hydrogen) atoms. The molecule has 1 N–H and O–H groups in total. The van der Waals surface area contributed by atoms with Gasteiger partial charge in [-0.25, -0.2) is 22.0 Å². The Morgan fingerprint density at radius 3 is 1.83 bits per heavy atom. The lowest BCUT2D eigenvalue weighted by Crippen LogP contribution is -2.11. The largest absolute Gasteiger partial charge is 0.466 e. The quantitative estimate of drug-likeness (QED) is 0.513. The summed E-state index contributed by atoms with van der Waals surface area (Å²) in [5, 5.41) is 9.55. The predicted molar refractivity (Wildman–Crippen MR) is 49.0 cm³/mol. The summed E-state index contributed by atoms with van der Waals surface area (Å²) in [6.45, 7) is 0. The third kappa shape index (κ3) is 1.76. The molecule has 0 radical (unpaired) electrons. The summed E-state index contributed by atoms with van der Waals surface area (Å²) in [7, 11) is 0. The van der Waals surface area contributed by atoms with Crippen LogP contribution in [0.15, 0.2) is 22.8 Å². The van der Waals surface area contributed by atoms with E-state index in [0.29, 0.717) is 0 Å². The minimum absolute atomic E-state index is 0.335. The summed E-state index contributed by atoms with van der Waals surface area (Å²) in [4.78, 5) is 0. The highest BCUT2D eigenvalue weighted by atomic mass is 19.2. The molecule has 2 aromatic rings. The Balaban J connectivity index is 2.65. The minimum Gasteiger partial charge on any atom is -0.466 e. The zero-order valence-electron chi connectivity index (χ0n) is 8.55. The Hall–Kier alpha value is -1.89. The summed E-state index contributed by atoms with van der Waals surface area (Å²) < 4.78 is 69.9. The molecular formula is C11H5F5O2. The Morgan fingerprint density at radius 2 is 1.39 bits per heavy atom. The summed E-state index contributed by atoms with van der Waals surface area (Å²) in [6.07, 6.45) is -0.991. The maximum absolute atomic E-state index is 13.3. The second kappa shape index (κ2) is 4.41. The van der Waals surface area contributed by atoms with E-state index in [1.807, 2.05) is 0 Å². The fraction of sp³-hybridized carbons (Fsp3) is 0.0909. The summed E-state index contributed by atoms with van der Waals surface area (Å²) in [6, 6.07) is 2.44. The van der Waals surface area contributed by atoms with Crippen LogP contribution in [0.5, 0.6) is 0 Å². The SMILES string of the molecule is O[C@H](c1ccco1)c1c(F)c(F)c(F)c(F)c1F. The molecule has 0 aliphatic heterocycles. The number of aliphatic hydroxyl groups excluding tert-OH is 1. The number of aliphatic hydroxyl groups is 1. The van der Waals surface area contributed by atoms with Crippen molar-refractivity contribution in [1.82, 2.24) is 0 Å². The van der Waals surface area contributed by atoms with Gasteiger partial charge in [0.1, 0.15) is 11.9 Å². The van der Waals surface area contributed by atoms with Crippen molar-refractivity contribution in [2.45, 2.75) is 6.10 Å². The Morgan fingerprint density at radius 1 is 0.889 bits per heavy atom. The third-order valence-electron chi connectivity index (χ3n) is 2.33. The van der Waals surface area contributed by atoms with Crippen molar-refractivity contribution in [3.63, 3.8) is 0 Å². The van der Waals surface area contributed by atoms with E-state index in [-0.39, 0.29) is 5.76 Å². The van der Waals surface area contributed by atoms with Gasteiger partial charge in [0, 0.05) is 0 Å². The van der Waals surface area contributed by atoms with E-state index in [2.05, 4.69) is 4.42 Å². The van der Waals surface area contributed by atoms with Gasteiger partial charge >= 0.3 is 0 Å². The monoisotopic (exact) mass is 264 g/mol. The first-order valence-electron chi connectivity index (χ1n) is 4.68. The lowest BCUT2D eigenvalue weighted by Gasteiger charge is -2.12. The molecule has 0 saturated carbocycles. The second-order valence-electron chi connectivity index (χ2n) is 3.40. The van der Waals surface area contributed by atoms with Crippen LogP contribution in [0.2, 0.25) is 0 Å². The molecule has 1 aromatic heterocycles. The zero-order chi connectivity index (χ0) is 13.4. The molecular weight excluding hydrogens is 259 g/mol. The Labute approximate surface area is 97.3 Å². The molecule has 96 valence electrons. The summed E-state index contributed by atoms with van der Waals surface area (Å²) >= 11 is 0. The van der Waals surface area contributed by atoms with Crippen molar-refractivity contribution < 1.29 is 31.5 Å². The normalized spacial score (nSPS) is 12.8. The number of hydrogen-bond acceptors (Lipinski definition) is 2. The van der Waals surface area contributed by atoms with Gasteiger partial charge in [0.25, 0.3) is 0 Å². The smallest absolute Gasteiger partial charge is 0.200 e. The van der Waals surface area contributed by atoms with Crippen LogP contribution in [0.3, 0.4) is 0 Å². The zero-order valence-corrected chi connectivity index (χ0v) is 8.55. The van der Waals surface area contributed by atoms with E-state index < -0.39 is 40.8 Å². The van der Waals surface area contributed by atoms with Crippen LogP contribution >= 0.6 is 0 Å². The predicted octanol–water partition coefficient (Wildman–Crippen LogP) is 3.06. The van der Waals surface area contributed by atoms with Crippen molar-refractivity contribution in [3.05, 3.63) is 58.8 Å². The average molecular weight is 264 g/mol. The average Bonchev–Trinajstić information content (AvgIpc) is 2.88. The summed E-state index contributed by atoms with van der Waals surface area (Å²) in [5.41, 5.74) is -1.35. The first kappa shape index (κ1) is 12.6. The van der Waals surface area contributed by atoms with Crippen LogP contribution in [0.1, 0.15) is 17.4 Å². The van der Waals surface area contributed by atoms with E-state index in [0.717, 1.165) is 12.3 Å². The van der Waals surface area contributed by atoms with Crippen molar-refractivity contribution in [2.75, 3.05) is 0 Å². The molecule has 0 fully saturated rings. The van der Waals surface area contributed by atoms with Gasteiger partial charge in [0.15, 0.2) is 23.3 Å². The Kier molecular flexibility index (Phi) is 3.08. The van der Waals surface area contributed by atoms with Crippen LogP contribution in [0.25, 0.3) is 0 Å². The lowest BCUT2D eigenvalue weighted by atomic mass is 10.0. The van der Waals surface area contributed by atoms with Crippen LogP contribution in [-0.2, 0) is 0 Å². The molecule has 1 atom stereocenters. The molecule has 2 nitrogen and oxygen atoms in total. The van der Waals surface area contributed by atoms with Crippen molar-refractivity contribution in [2.24, 2.45) is 0 Å². The van der Waals surface area contributed by atoms with E-state index >= 15 is 0 Å². The van der Waals surface area contributed by atoms with Gasteiger partial charge in [0.2, 0.25) is 5.82 Å². The molecule has 7 heteroatoms. The highest BCUT2D eigenvalue weighted by Gasteiger charge is 2.31. The van der Waals surface area contributed by atoms with E-state index in [9.17, 15) is 27.1 Å². The number of halogens is 5. The van der Waals surface area contributed by atoms with Crippen LogP contribution in [0, 0.1) is 29.1 Å². The molecule has 0 aliphatic rings. The van der Waals surface area contributed by atoms with E-state index in [4.69, 9.17) is 0 Å². The standard InChI is InChI=1S/C11H5F5O2/c12-6-5(11(17)4-2-1-3-18-4)7(13)9(15)10(16)8(6)14/h1-3,11,17H/t11-/m1/s1. The molecule has 1 aromatic carbocycles. The van der Waals surface area contributed by atoms with Gasteiger partial charge in [-0.15, -0.1) is 0 Å². The van der Waals surface area contributed by atoms with Gasteiger partial charge in [0.05, 0.1) is 11.8 Å². The van der Waals surface area contributed by atoms with E-state index in [1.54, 1.807) is 0 Å². The molecule has 0 spiro atoms. The highest BCUT2D eigenvalue weighted by molar-refractivity contribution is 5.30. The van der Waals surface area contributed by atoms with Crippen LogP contribution in [0.4, 0.5) is 22.0 Å². The number of benzene rings is 1. The third-order valence-corrected chi connectivity index (χ3v) is 2.33. The molecule has 0 saturated heterocycles. The van der Waals surface area contributed by atoms with Gasteiger partial charge in [-0.2, -0.15) is 0 Å². The lowest BCUT2D eigenvalue weighted by molar-refractivity contribution is 0.175. The molecule has 2 rings (SSSR count). The van der Waals surface area contributed by atoms with Gasteiger partial charge in [-0.1, -0.05) is 0 Å². The maximum Gasteiger partial charge on any atom is 0.200 e. The molecule has 0 aliphatic carbocycles.